The van der Waals surface area contributed by atoms with E-state index in [1.54, 1.807) is 10.1 Å². The minimum Gasteiger partial charge on any atom is -0.360 e. The van der Waals surface area contributed by atoms with Gasteiger partial charge in [-0.25, -0.2) is 15.0 Å². The lowest BCUT2D eigenvalue weighted by Gasteiger charge is -2.22. The number of nitrogens with zero attached hydrogens (tertiary/aromatic N) is 4. The highest BCUT2D eigenvalue weighted by atomic mass is 32.1. The van der Waals surface area contributed by atoms with Crippen LogP contribution >= 0.6 is 11.3 Å². The average molecular weight is 505 g/mol. The molecule has 8 heteroatoms. The maximum absolute atomic E-state index is 14.3. The summed E-state index contributed by atoms with van der Waals surface area (Å²) in [4.78, 5) is 28.3. The van der Waals surface area contributed by atoms with Gasteiger partial charge in [-0.15, -0.1) is 11.3 Å². The van der Waals surface area contributed by atoms with E-state index in [0.29, 0.717) is 17.7 Å². The van der Waals surface area contributed by atoms with Crippen LogP contribution in [0.2, 0.25) is 0 Å². The van der Waals surface area contributed by atoms with Crippen LogP contribution in [0, 0.1) is 0 Å². The van der Waals surface area contributed by atoms with Crippen LogP contribution < -0.4 is 16.6 Å². The van der Waals surface area contributed by atoms with E-state index in [0.717, 1.165) is 43.8 Å². The summed E-state index contributed by atoms with van der Waals surface area (Å²) in [5.41, 5.74) is 12.8. The highest BCUT2D eigenvalue weighted by Crippen LogP contribution is 2.31. The van der Waals surface area contributed by atoms with Crippen molar-refractivity contribution in [2.75, 3.05) is 5.32 Å². The van der Waals surface area contributed by atoms with Crippen molar-refractivity contribution in [3.8, 4) is 16.8 Å². The Morgan fingerprint density at radius 1 is 0.973 bits per heavy atom. The number of nitrogens with one attached hydrogen (secondary N) is 1. The first-order valence-corrected chi connectivity index (χ1v) is 12.9. The highest BCUT2D eigenvalue weighted by Gasteiger charge is 2.20. The molecule has 3 heterocycles. The molecule has 0 fully saturated rings. The molecule has 3 N–H and O–H groups in total. The van der Waals surface area contributed by atoms with Crippen LogP contribution in [0.1, 0.15) is 24.2 Å². The van der Waals surface area contributed by atoms with Crippen LogP contribution in [-0.2, 0) is 6.54 Å². The molecule has 0 amide bonds. The molecule has 1 atom stereocenters. The summed E-state index contributed by atoms with van der Waals surface area (Å²) in [5.74, 6) is 0.637. The summed E-state index contributed by atoms with van der Waals surface area (Å²) in [5, 5.41) is 5.01. The maximum Gasteiger partial charge on any atom is 0.263 e. The van der Waals surface area contributed by atoms with Crippen LogP contribution in [0.25, 0.3) is 37.9 Å². The molecule has 0 aliphatic heterocycles. The van der Waals surface area contributed by atoms with Gasteiger partial charge in [-0.3, -0.25) is 9.36 Å². The van der Waals surface area contributed by atoms with Crippen molar-refractivity contribution >= 4 is 38.3 Å². The fourth-order valence-electron chi connectivity index (χ4n) is 4.73. The van der Waals surface area contributed by atoms with Crippen LogP contribution in [0.15, 0.2) is 95.5 Å². The SMILES string of the molecule is CC(Nc1ncnc2scnc12)c1cc2cccc(-c3cccc(CN)c3)c2c(=O)n1-c1ccccc1. The third-order valence-corrected chi connectivity index (χ3v) is 7.23. The van der Waals surface area contributed by atoms with E-state index in [9.17, 15) is 4.79 Å². The topological polar surface area (TPSA) is 98.7 Å². The Bertz CT molecular complexity index is 1790. The summed E-state index contributed by atoms with van der Waals surface area (Å²) in [6, 6.07) is 25.6. The largest absolute Gasteiger partial charge is 0.360 e. The minimum absolute atomic E-state index is 0.0809. The summed E-state index contributed by atoms with van der Waals surface area (Å²) in [6.07, 6.45) is 1.53. The van der Waals surface area contributed by atoms with Crippen LogP contribution in [0.5, 0.6) is 0 Å². The van der Waals surface area contributed by atoms with Gasteiger partial charge < -0.3 is 11.1 Å². The number of rotatable bonds is 6. The third kappa shape index (κ3) is 4.16. The number of aromatic nitrogens is 4. The number of para-hydroxylation sites is 1. The minimum atomic E-state index is -0.249. The Kier molecular flexibility index (Phi) is 5.96. The first-order chi connectivity index (χ1) is 18.1. The average Bonchev–Trinajstić information content (AvgIpc) is 3.43. The molecule has 7 nitrogen and oxygen atoms in total. The zero-order valence-corrected chi connectivity index (χ0v) is 20.9. The van der Waals surface area contributed by atoms with E-state index in [2.05, 4.69) is 26.3 Å². The van der Waals surface area contributed by atoms with E-state index >= 15 is 0 Å². The van der Waals surface area contributed by atoms with Gasteiger partial charge in [-0.2, -0.15) is 0 Å². The second kappa shape index (κ2) is 9.57. The molecule has 0 radical (unpaired) electrons. The molecule has 0 aliphatic rings. The Morgan fingerprint density at radius 3 is 2.65 bits per heavy atom. The molecule has 6 rings (SSSR count). The van der Waals surface area contributed by atoms with Gasteiger partial charge in [0.15, 0.2) is 5.82 Å². The Morgan fingerprint density at radius 2 is 1.81 bits per heavy atom. The third-order valence-electron chi connectivity index (χ3n) is 6.50. The smallest absolute Gasteiger partial charge is 0.263 e. The highest BCUT2D eigenvalue weighted by molar-refractivity contribution is 7.16. The second-order valence-corrected chi connectivity index (χ2v) is 9.65. The first-order valence-electron chi connectivity index (χ1n) is 12.0. The van der Waals surface area contributed by atoms with E-state index in [4.69, 9.17) is 5.73 Å². The van der Waals surface area contributed by atoms with Crippen LogP contribution in [0.4, 0.5) is 5.82 Å². The van der Waals surface area contributed by atoms with Gasteiger partial charge in [-0.05, 0) is 53.3 Å². The van der Waals surface area contributed by atoms with Crippen molar-refractivity contribution in [3.63, 3.8) is 0 Å². The molecule has 3 aromatic carbocycles. The van der Waals surface area contributed by atoms with E-state index in [1.807, 2.05) is 79.7 Å². The standard InChI is InChI=1S/C29H24N6OS/c1-18(34-27-26-28(32-16-31-27)37-17-33-26)24-14-21-9-6-12-23(20-8-5-7-19(13-20)15-30)25(21)29(36)35(24)22-10-3-2-4-11-22/h2-14,16-18H,15,30H2,1H3,(H,31,32,34). The fraction of sp³-hybridized carbons (Fsp3) is 0.103. The van der Waals surface area contributed by atoms with Crippen molar-refractivity contribution in [1.29, 1.82) is 0 Å². The number of anilines is 1. The molecular weight excluding hydrogens is 480 g/mol. The predicted molar refractivity (Wildman–Crippen MR) is 150 cm³/mol. The lowest BCUT2D eigenvalue weighted by atomic mass is 9.96. The zero-order valence-electron chi connectivity index (χ0n) is 20.1. The number of pyridine rings is 1. The molecule has 0 saturated carbocycles. The van der Waals surface area contributed by atoms with Crippen LogP contribution in [-0.4, -0.2) is 19.5 Å². The van der Waals surface area contributed by atoms with Gasteiger partial charge in [0.1, 0.15) is 16.7 Å². The fourth-order valence-corrected chi connectivity index (χ4v) is 5.36. The number of hydrogen-bond donors (Lipinski definition) is 2. The number of thiazole rings is 1. The van der Waals surface area contributed by atoms with Gasteiger partial charge in [0.25, 0.3) is 5.56 Å². The Balaban J connectivity index is 1.57. The second-order valence-electron chi connectivity index (χ2n) is 8.81. The number of nitrogens with two attached hydrogens (primary N) is 1. The molecule has 0 saturated heterocycles. The monoisotopic (exact) mass is 504 g/mol. The number of hydrogen-bond acceptors (Lipinski definition) is 7. The molecule has 0 aliphatic carbocycles. The lowest BCUT2D eigenvalue weighted by Crippen LogP contribution is -2.26. The van der Waals surface area contributed by atoms with Gasteiger partial charge in [0, 0.05) is 17.9 Å². The number of fused-ring (bicyclic) bond motifs is 2. The van der Waals surface area contributed by atoms with Gasteiger partial charge >= 0.3 is 0 Å². The Labute approximate surface area is 217 Å². The summed E-state index contributed by atoms with van der Waals surface area (Å²) in [6.45, 7) is 2.46. The maximum atomic E-state index is 14.3. The molecule has 182 valence electrons. The molecule has 37 heavy (non-hydrogen) atoms. The van der Waals surface area contributed by atoms with Crippen molar-refractivity contribution in [1.82, 2.24) is 19.5 Å². The first kappa shape index (κ1) is 23.0. The van der Waals surface area contributed by atoms with E-state index in [-0.39, 0.29) is 11.6 Å². The summed E-state index contributed by atoms with van der Waals surface area (Å²) in [7, 11) is 0. The molecule has 1 unspecified atom stereocenters. The van der Waals surface area contributed by atoms with Crippen LogP contribution in [0.3, 0.4) is 0 Å². The predicted octanol–water partition coefficient (Wildman–Crippen LogP) is 5.69. The van der Waals surface area contributed by atoms with Gasteiger partial charge in [-0.1, -0.05) is 54.6 Å². The summed E-state index contributed by atoms with van der Waals surface area (Å²) >= 11 is 1.47. The normalized spacial score (nSPS) is 12.2. The molecule has 3 aromatic heterocycles. The zero-order chi connectivity index (χ0) is 25.4. The van der Waals surface area contributed by atoms with E-state index in [1.165, 1.54) is 17.7 Å². The van der Waals surface area contributed by atoms with Gasteiger partial charge in [0.05, 0.1) is 16.9 Å². The van der Waals surface area contributed by atoms with E-state index < -0.39 is 0 Å². The van der Waals surface area contributed by atoms with Crippen molar-refractivity contribution in [2.45, 2.75) is 19.5 Å². The van der Waals surface area contributed by atoms with Crippen molar-refractivity contribution in [3.05, 3.63) is 112 Å². The molecule has 0 spiro atoms. The lowest BCUT2D eigenvalue weighted by molar-refractivity contribution is 0.774. The van der Waals surface area contributed by atoms with Crippen molar-refractivity contribution < 1.29 is 0 Å². The summed E-state index contributed by atoms with van der Waals surface area (Å²) < 4.78 is 1.79. The van der Waals surface area contributed by atoms with Gasteiger partial charge in [0.2, 0.25) is 0 Å². The number of benzene rings is 3. The van der Waals surface area contributed by atoms with Crippen molar-refractivity contribution in [2.24, 2.45) is 5.73 Å². The molecule has 0 bridgehead atoms. The quantitative estimate of drug-likeness (QED) is 0.302. The molecular formula is C29H24N6OS. The molecule has 6 aromatic rings. The Hall–Kier alpha value is -4.40.